The van der Waals surface area contributed by atoms with Crippen LogP contribution in [0.5, 0.6) is 0 Å². The predicted octanol–water partition coefficient (Wildman–Crippen LogP) is 3.52. The summed E-state index contributed by atoms with van der Waals surface area (Å²) < 4.78 is 0. The van der Waals surface area contributed by atoms with Crippen LogP contribution < -0.4 is 5.32 Å². The minimum Gasteiger partial charge on any atom is -0.367 e. The van der Waals surface area contributed by atoms with E-state index in [2.05, 4.69) is 45.6 Å². The first-order chi connectivity index (χ1) is 9.92. The lowest BCUT2D eigenvalue weighted by atomic mass is 9.93. The van der Waals surface area contributed by atoms with Crippen molar-refractivity contribution in [2.45, 2.75) is 44.1 Å². The Hall–Kier alpha value is -1.90. The third-order valence-corrected chi connectivity index (χ3v) is 4.64. The first-order valence-electron chi connectivity index (χ1n) is 7.57. The number of rotatable bonds is 3. The van der Waals surface area contributed by atoms with Gasteiger partial charge in [0.1, 0.15) is 12.1 Å². The van der Waals surface area contributed by atoms with Crippen LogP contribution in [0.15, 0.2) is 36.7 Å². The summed E-state index contributed by atoms with van der Waals surface area (Å²) in [6.45, 7) is 0. The molecule has 20 heavy (non-hydrogen) atoms. The second-order valence-corrected chi connectivity index (χ2v) is 5.86. The highest BCUT2D eigenvalue weighted by Crippen LogP contribution is 2.39. The van der Waals surface area contributed by atoms with Crippen molar-refractivity contribution in [1.29, 1.82) is 0 Å². The molecule has 102 valence electrons. The Morgan fingerprint density at radius 1 is 1.00 bits per heavy atom. The molecule has 1 N–H and O–H groups in total. The van der Waals surface area contributed by atoms with Gasteiger partial charge in [-0.25, -0.2) is 9.97 Å². The molecule has 2 aromatic rings. The van der Waals surface area contributed by atoms with Gasteiger partial charge in [-0.2, -0.15) is 0 Å². The first kappa shape index (κ1) is 11.9. The van der Waals surface area contributed by atoms with Gasteiger partial charge in [-0.3, -0.25) is 0 Å². The van der Waals surface area contributed by atoms with Gasteiger partial charge in [-0.1, -0.05) is 30.3 Å². The van der Waals surface area contributed by atoms with Crippen LogP contribution in [-0.2, 0) is 6.42 Å². The van der Waals surface area contributed by atoms with Crippen molar-refractivity contribution < 1.29 is 0 Å². The minimum absolute atomic E-state index is 0.441. The number of nitrogens with one attached hydrogen (secondary N) is 1. The molecular formula is C17H19N3. The van der Waals surface area contributed by atoms with Crippen molar-refractivity contribution in [1.82, 2.24) is 9.97 Å². The minimum atomic E-state index is 0.441. The molecule has 1 unspecified atom stereocenters. The van der Waals surface area contributed by atoms with E-state index in [1.54, 1.807) is 6.33 Å². The van der Waals surface area contributed by atoms with Crippen molar-refractivity contribution in [2.75, 3.05) is 5.32 Å². The summed E-state index contributed by atoms with van der Waals surface area (Å²) in [6, 6.07) is 11.3. The van der Waals surface area contributed by atoms with Crippen molar-refractivity contribution >= 4 is 5.82 Å². The fraction of sp³-hybridized carbons (Fsp3) is 0.412. The van der Waals surface area contributed by atoms with Crippen LogP contribution in [0, 0.1) is 0 Å². The average Bonchev–Trinajstić information content (AvgIpc) is 2.88. The molecule has 3 nitrogen and oxygen atoms in total. The van der Waals surface area contributed by atoms with Gasteiger partial charge in [-0.15, -0.1) is 0 Å². The van der Waals surface area contributed by atoms with Crippen LogP contribution in [0.2, 0.25) is 0 Å². The van der Waals surface area contributed by atoms with Gasteiger partial charge in [-0.05, 0) is 37.7 Å². The lowest BCUT2D eigenvalue weighted by molar-refractivity contribution is 0.444. The molecule has 0 saturated heterocycles. The Bertz CT molecular complexity index is 605. The highest BCUT2D eigenvalue weighted by Gasteiger charge is 2.29. The number of benzene rings is 1. The molecule has 0 radical (unpaired) electrons. The van der Waals surface area contributed by atoms with E-state index in [0.29, 0.717) is 12.0 Å². The van der Waals surface area contributed by atoms with Crippen molar-refractivity contribution in [3.8, 4) is 0 Å². The van der Waals surface area contributed by atoms with E-state index in [-0.39, 0.29) is 0 Å². The molecule has 3 heteroatoms. The second kappa shape index (κ2) is 4.89. The number of hydrogen-bond acceptors (Lipinski definition) is 3. The summed E-state index contributed by atoms with van der Waals surface area (Å²) in [5.74, 6) is 1.52. The Morgan fingerprint density at radius 3 is 2.60 bits per heavy atom. The van der Waals surface area contributed by atoms with Crippen LogP contribution in [0.4, 0.5) is 5.82 Å². The largest absolute Gasteiger partial charge is 0.367 e. The zero-order valence-corrected chi connectivity index (χ0v) is 11.5. The molecule has 1 heterocycles. The maximum atomic E-state index is 4.58. The van der Waals surface area contributed by atoms with Gasteiger partial charge in [0.05, 0.1) is 5.69 Å². The fourth-order valence-corrected chi connectivity index (χ4v) is 3.28. The third-order valence-electron chi connectivity index (χ3n) is 4.64. The number of fused-ring (bicyclic) bond motifs is 1. The van der Waals surface area contributed by atoms with Gasteiger partial charge in [0.25, 0.3) is 0 Å². The Kier molecular flexibility index (Phi) is 2.91. The van der Waals surface area contributed by atoms with E-state index >= 15 is 0 Å². The topological polar surface area (TPSA) is 37.8 Å². The molecule has 1 aromatic carbocycles. The molecule has 4 rings (SSSR count). The van der Waals surface area contributed by atoms with Crippen LogP contribution in [-0.4, -0.2) is 16.0 Å². The first-order valence-corrected chi connectivity index (χ1v) is 7.57. The van der Waals surface area contributed by atoms with Crippen molar-refractivity contribution in [2.24, 2.45) is 0 Å². The third kappa shape index (κ3) is 1.98. The fourth-order valence-electron chi connectivity index (χ4n) is 3.28. The normalized spacial score (nSPS) is 21.3. The molecule has 0 bridgehead atoms. The molecule has 2 aliphatic carbocycles. The molecule has 1 fully saturated rings. The maximum Gasteiger partial charge on any atom is 0.133 e. The van der Waals surface area contributed by atoms with Crippen molar-refractivity contribution in [3.05, 3.63) is 53.5 Å². The molecule has 0 aliphatic heterocycles. The Morgan fingerprint density at radius 2 is 1.85 bits per heavy atom. The zero-order chi connectivity index (χ0) is 13.4. The quantitative estimate of drug-likeness (QED) is 0.922. The summed E-state index contributed by atoms with van der Waals surface area (Å²) in [5.41, 5.74) is 3.95. The molecule has 1 aromatic heterocycles. The van der Waals surface area contributed by atoms with E-state index < -0.39 is 0 Å². The summed E-state index contributed by atoms with van der Waals surface area (Å²) in [5, 5.41) is 3.60. The molecular weight excluding hydrogens is 246 g/mol. The summed E-state index contributed by atoms with van der Waals surface area (Å²) >= 11 is 0. The van der Waals surface area contributed by atoms with Crippen LogP contribution in [0.25, 0.3) is 0 Å². The van der Waals surface area contributed by atoms with E-state index in [0.717, 1.165) is 18.7 Å². The van der Waals surface area contributed by atoms with Gasteiger partial charge < -0.3 is 5.32 Å². The smallest absolute Gasteiger partial charge is 0.133 e. The monoisotopic (exact) mass is 265 g/mol. The average molecular weight is 265 g/mol. The van der Waals surface area contributed by atoms with Crippen LogP contribution >= 0.6 is 0 Å². The van der Waals surface area contributed by atoms with Gasteiger partial charge in [0, 0.05) is 17.5 Å². The molecule has 2 aliphatic rings. The Labute approximate surface area is 119 Å². The summed E-state index contributed by atoms with van der Waals surface area (Å²) in [7, 11) is 0. The highest BCUT2D eigenvalue weighted by atomic mass is 15.0. The van der Waals surface area contributed by atoms with Gasteiger partial charge in [0.2, 0.25) is 0 Å². The lowest BCUT2D eigenvalue weighted by Crippen LogP contribution is -2.28. The van der Waals surface area contributed by atoms with E-state index in [1.165, 1.54) is 36.1 Å². The van der Waals surface area contributed by atoms with Crippen molar-refractivity contribution in [3.63, 3.8) is 0 Å². The standard InChI is InChI=1S/C17H19N3/c1-2-5-12(6-3-1)14-9-10-15-16(14)18-11-19-17(15)20-13-7-4-8-13/h1-3,5-6,11,13-14H,4,7-10H2,(H,18,19,20). The summed E-state index contributed by atoms with van der Waals surface area (Å²) in [4.78, 5) is 9.06. The van der Waals surface area contributed by atoms with Crippen LogP contribution in [0.3, 0.4) is 0 Å². The molecule has 1 saturated carbocycles. The highest BCUT2D eigenvalue weighted by molar-refractivity contribution is 5.52. The van der Waals surface area contributed by atoms with Crippen LogP contribution in [0.1, 0.15) is 48.4 Å². The predicted molar refractivity (Wildman–Crippen MR) is 79.9 cm³/mol. The molecule has 1 atom stereocenters. The number of anilines is 1. The van der Waals surface area contributed by atoms with Gasteiger partial charge in [0.15, 0.2) is 0 Å². The number of nitrogens with zero attached hydrogens (tertiary/aromatic N) is 2. The number of aromatic nitrogens is 2. The van der Waals surface area contributed by atoms with E-state index in [1.807, 2.05) is 0 Å². The summed E-state index contributed by atoms with van der Waals surface area (Å²) in [6.07, 6.45) is 7.86. The maximum absolute atomic E-state index is 4.58. The van der Waals surface area contributed by atoms with Gasteiger partial charge >= 0.3 is 0 Å². The Balaban J connectivity index is 1.66. The zero-order valence-electron chi connectivity index (χ0n) is 11.5. The van der Waals surface area contributed by atoms with E-state index in [9.17, 15) is 0 Å². The second-order valence-electron chi connectivity index (χ2n) is 5.86. The molecule has 0 spiro atoms. The number of hydrogen-bond donors (Lipinski definition) is 1. The van der Waals surface area contributed by atoms with E-state index in [4.69, 9.17) is 0 Å². The molecule has 0 amide bonds. The lowest BCUT2D eigenvalue weighted by Gasteiger charge is -2.27. The SMILES string of the molecule is c1ccc(C2CCc3c(NC4CCC4)ncnc32)cc1.